The minimum Gasteiger partial charge on any atom is -0.495 e. The van der Waals surface area contributed by atoms with E-state index in [0.717, 1.165) is 0 Å². The molecule has 0 aliphatic carbocycles. The number of hydrogen-bond donors (Lipinski definition) is 2. The van der Waals surface area contributed by atoms with Crippen LogP contribution in [0.1, 0.15) is 23.3 Å². The van der Waals surface area contributed by atoms with E-state index in [1.165, 1.54) is 13.3 Å². The zero-order valence-electron chi connectivity index (χ0n) is 10.0. The van der Waals surface area contributed by atoms with Gasteiger partial charge in [0.05, 0.1) is 13.3 Å². The summed E-state index contributed by atoms with van der Waals surface area (Å²) in [7, 11) is 1.53. The minimum absolute atomic E-state index is 0.519. The van der Waals surface area contributed by atoms with Crippen molar-refractivity contribution in [2.24, 2.45) is 0 Å². The van der Waals surface area contributed by atoms with Crippen LogP contribution in [-0.4, -0.2) is 22.3 Å². The highest BCUT2D eigenvalue weighted by Gasteiger charge is 2.20. The van der Waals surface area contributed by atoms with E-state index in [2.05, 4.69) is 4.98 Å². The topological polar surface area (TPSA) is 62.6 Å². The number of pyridine rings is 1. The van der Waals surface area contributed by atoms with Gasteiger partial charge >= 0.3 is 0 Å². The Balaban J connectivity index is 2.22. The van der Waals surface area contributed by atoms with Crippen LogP contribution in [0.15, 0.2) is 48.8 Å². The minimum atomic E-state index is -1.03. The van der Waals surface area contributed by atoms with Crippen LogP contribution < -0.4 is 4.74 Å². The summed E-state index contributed by atoms with van der Waals surface area (Å²) < 4.78 is 5.04. The Kier molecular flexibility index (Phi) is 3.92. The lowest BCUT2D eigenvalue weighted by Gasteiger charge is -2.18. The third kappa shape index (κ3) is 2.67. The molecule has 18 heavy (non-hydrogen) atoms. The van der Waals surface area contributed by atoms with Crippen molar-refractivity contribution in [3.8, 4) is 5.75 Å². The average Bonchev–Trinajstić information content (AvgIpc) is 2.46. The van der Waals surface area contributed by atoms with Gasteiger partial charge in [-0.15, -0.1) is 0 Å². The molecule has 0 radical (unpaired) electrons. The molecule has 0 aliphatic rings. The molecule has 1 aromatic carbocycles. The lowest BCUT2D eigenvalue weighted by molar-refractivity contribution is 0.0169. The van der Waals surface area contributed by atoms with Crippen molar-refractivity contribution in [2.75, 3.05) is 7.11 Å². The number of rotatable bonds is 4. The van der Waals surface area contributed by atoms with Gasteiger partial charge in [-0.3, -0.25) is 4.98 Å². The first-order valence-corrected chi connectivity index (χ1v) is 5.62. The number of hydrogen-bond acceptors (Lipinski definition) is 4. The highest BCUT2D eigenvalue weighted by atomic mass is 16.5. The maximum Gasteiger partial charge on any atom is 0.137 e. The monoisotopic (exact) mass is 245 g/mol. The standard InChI is InChI=1S/C14H15NO3/c1-18-12-7-11(8-15-9-12)14(17)13(16)10-5-3-2-4-6-10/h2-9,13-14,16-17H,1H3. The van der Waals surface area contributed by atoms with E-state index >= 15 is 0 Å². The van der Waals surface area contributed by atoms with E-state index in [1.54, 1.807) is 24.4 Å². The third-order valence-corrected chi connectivity index (χ3v) is 2.75. The number of benzene rings is 1. The van der Waals surface area contributed by atoms with Gasteiger partial charge in [-0.25, -0.2) is 0 Å². The molecule has 0 amide bonds. The Morgan fingerprint density at radius 3 is 2.33 bits per heavy atom. The van der Waals surface area contributed by atoms with Crippen molar-refractivity contribution in [3.05, 3.63) is 59.9 Å². The molecule has 2 rings (SSSR count). The first-order chi connectivity index (χ1) is 8.72. The summed E-state index contributed by atoms with van der Waals surface area (Å²) in [6, 6.07) is 10.7. The van der Waals surface area contributed by atoms with Crippen molar-refractivity contribution in [2.45, 2.75) is 12.2 Å². The molecule has 94 valence electrons. The summed E-state index contributed by atoms with van der Waals surface area (Å²) in [6.45, 7) is 0. The normalized spacial score (nSPS) is 13.9. The molecule has 0 saturated heterocycles. The molecule has 0 spiro atoms. The summed E-state index contributed by atoms with van der Waals surface area (Å²) in [5.74, 6) is 0.548. The van der Waals surface area contributed by atoms with Crippen LogP contribution in [-0.2, 0) is 0 Å². The van der Waals surface area contributed by atoms with Crippen molar-refractivity contribution < 1.29 is 14.9 Å². The molecular weight excluding hydrogens is 230 g/mol. The number of aliphatic hydroxyl groups excluding tert-OH is 2. The fourth-order valence-corrected chi connectivity index (χ4v) is 1.72. The predicted molar refractivity (Wildman–Crippen MR) is 67.2 cm³/mol. The van der Waals surface area contributed by atoms with Gasteiger partial charge in [-0.2, -0.15) is 0 Å². The number of nitrogens with zero attached hydrogens (tertiary/aromatic N) is 1. The second kappa shape index (κ2) is 5.62. The van der Waals surface area contributed by atoms with Crippen LogP contribution in [0.2, 0.25) is 0 Å². The molecule has 4 nitrogen and oxygen atoms in total. The van der Waals surface area contributed by atoms with E-state index in [0.29, 0.717) is 16.9 Å². The van der Waals surface area contributed by atoms with Gasteiger partial charge in [0, 0.05) is 11.8 Å². The Hall–Kier alpha value is -1.91. The molecule has 2 N–H and O–H groups in total. The number of ether oxygens (including phenoxy) is 1. The largest absolute Gasteiger partial charge is 0.495 e. The Morgan fingerprint density at radius 1 is 1.00 bits per heavy atom. The van der Waals surface area contributed by atoms with Crippen molar-refractivity contribution >= 4 is 0 Å². The first-order valence-electron chi connectivity index (χ1n) is 5.62. The van der Waals surface area contributed by atoms with Gasteiger partial charge < -0.3 is 14.9 Å². The third-order valence-electron chi connectivity index (χ3n) is 2.75. The van der Waals surface area contributed by atoms with Gasteiger partial charge in [-0.05, 0) is 11.6 Å². The van der Waals surface area contributed by atoms with E-state index in [1.807, 2.05) is 18.2 Å². The van der Waals surface area contributed by atoms with Gasteiger partial charge in [-0.1, -0.05) is 30.3 Å². The van der Waals surface area contributed by atoms with Crippen LogP contribution >= 0.6 is 0 Å². The van der Waals surface area contributed by atoms with Crippen LogP contribution in [0, 0.1) is 0 Å². The zero-order valence-corrected chi connectivity index (χ0v) is 10.0. The summed E-state index contributed by atoms with van der Waals surface area (Å²) in [6.07, 6.45) is 1.04. The lowest BCUT2D eigenvalue weighted by Crippen LogP contribution is -2.10. The van der Waals surface area contributed by atoms with E-state index in [4.69, 9.17) is 4.74 Å². The Morgan fingerprint density at radius 2 is 1.67 bits per heavy atom. The highest BCUT2D eigenvalue weighted by Crippen LogP contribution is 2.29. The van der Waals surface area contributed by atoms with Gasteiger partial charge in [0.25, 0.3) is 0 Å². The smallest absolute Gasteiger partial charge is 0.137 e. The second-order valence-corrected chi connectivity index (χ2v) is 3.96. The van der Waals surface area contributed by atoms with Gasteiger partial charge in [0.1, 0.15) is 18.0 Å². The van der Waals surface area contributed by atoms with Crippen LogP contribution in [0.25, 0.3) is 0 Å². The molecule has 2 unspecified atom stereocenters. The predicted octanol–water partition coefficient (Wildman–Crippen LogP) is 1.86. The fraction of sp³-hybridized carbons (Fsp3) is 0.214. The summed E-state index contributed by atoms with van der Waals surface area (Å²) in [5.41, 5.74) is 1.18. The molecular formula is C14H15NO3. The average molecular weight is 245 g/mol. The number of aromatic nitrogens is 1. The lowest BCUT2D eigenvalue weighted by atomic mass is 9.99. The Labute approximate surface area is 106 Å². The van der Waals surface area contributed by atoms with Crippen LogP contribution in [0.3, 0.4) is 0 Å². The molecule has 0 bridgehead atoms. The van der Waals surface area contributed by atoms with Crippen LogP contribution in [0.5, 0.6) is 5.75 Å². The maximum atomic E-state index is 10.1. The van der Waals surface area contributed by atoms with E-state index in [-0.39, 0.29) is 0 Å². The molecule has 4 heteroatoms. The second-order valence-electron chi connectivity index (χ2n) is 3.96. The number of methoxy groups -OCH3 is 1. The zero-order chi connectivity index (χ0) is 13.0. The summed E-state index contributed by atoms with van der Waals surface area (Å²) >= 11 is 0. The highest BCUT2D eigenvalue weighted by molar-refractivity contribution is 5.28. The Bertz CT molecular complexity index is 501. The SMILES string of the molecule is COc1cncc(C(O)C(O)c2ccccc2)c1. The molecule has 0 fully saturated rings. The molecule has 2 atom stereocenters. The molecule has 1 heterocycles. The van der Waals surface area contributed by atoms with Crippen molar-refractivity contribution in [1.29, 1.82) is 0 Å². The first kappa shape index (κ1) is 12.5. The fourth-order valence-electron chi connectivity index (χ4n) is 1.72. The number of aliphatic hydroxyl groups is 2. The van der Waals surface area contributed by atoms with Crippen molar-refractivity contribution in [3.63, 3.8) is 0 Å². The van der Waals surface area contributed by atoms with E-state index < -0.39 is 12.2 Å². The van der Waals surface area contributed by atoms with Gasteiger partial charge in [0.15, 0.2) is 0 Å². The molecule has 0 aliphatic heterocycles. The maximum absolute atomic E-state index is 10.1. The summed E-state index contributed by atoms with van der Waals surface area (Å²) in [4.78, 5) is 3.96. The quantitative estimate of drug-likeness (QED) is 0.863. The van der Waals surface area contributed by atoms with Crippen LogP contribution in [0.4, 0.5) is 0 Å². The summed E-state index contributed by atoms with van der Waals surface area (Å²) in [5, 5.41) is 20.2. The molecule has 0 saturated carbocycles. The molecule has 1 aromatic heterocycles. The van der Waals surface area contributed by atoms with Gasteiger partial charge in [0.2, 0.25) is 0 Å². The molecule has 2 aromatic rings. The van der Waals surface area contributed by atoms with Crippen molar-refractivity contribution in [1.82, 2.24) is 4.98 Å². The van der Waals surface area contributed by atoms with E-state index in [9.17, 15) is 10.2 Å².